The molecule has 3 heteroatoms. The lowest BCUT2D eigenvalue weighted by molar-refractivity contribution is -0.114. The van der Waals surface area contributed by atoms with Crippen LogP contribution in [0.3, 0.4) is 0 Å². The second-order valence-electron chi connectivity index (χ2n) is 3.56. The minimum Gasteiger partial charge on any atom is -0.294 e. The fraction of sp³-hybridized carbons (Fsp3) is 0.250. The minimum absolute atomic E-state index is 0.0498. The van der Waals surface area contributed by atoms with Gasteiger partial charge in [-0.25, -0.2) is 4.39 Å². The van der Waals surface area contributed by atoms with Gasteiger partial charge >= 0.3 is 0 Å². The van der Waals surface area contributed by atoms with Crippen LogP contribution >= 0.6 is 11.6 Å². The van der Waals surface area contributed by atoms with E-state index in [1.54, 1.807) is 0 Å². The molecule has 0 aromatic heterocycles. The van der Waals surface area contributed by atoms with Crippen molar-refractivity contribution in [2.75, 3.05) is 0 Å². The summed E-state index contributed by atoms with van der Waals surface area (Å²) in [5.74, 6) is -0.317. The molecular formula is C12H10ClFO. The number of rotatable bonds is 1. The molecule has 1 aromatic rings. The van der Waals surface area contributed by atoms with Gasteiger partial charge in [-0.1, -0.05) is 17.7 Å². The monoisotopic (exact) mass is 224 g/mol. The highest BCUT2D eigenvalue weighted by atomic mass is 35.5. The number of hydrogen-bond acceptors (Lipinski definition) is 1. The molecule has 0 aliphatic heterocycles. The maximum absolute atomic E-state index is 13.0. The molecule has 15 heavy (non-hydrogen) atoms. The molecule has 0 bridgehead atoms. The lowest BCUT2D eigenvalue weighted by Gasteiger charge is -2.13. The average molecular weight is 225 g/mol. The third-order valence-corrected chi connectivity index (χ3v) is 2.80. The number of halogens is 2. The summed E-state index contributed by atoms with van der Waals surface area (Å²) < 4.78 is 13.0. The molecule has 0 spiro atoms. The Kier molecular flexibility index (Phi) is 2.87. The van der Waals surface area contributed by atoms with Crippen molar-refractivity contribution in [1.29, 1.82) is 0 Å². The summed E-state index contributed by atoms with van der Waals surface area (Å²) in [4.78, 5) is 11.6. The van der Waals surface area contributed by atoms with E-state index in [4.69, 9.17) is 11.6 Å². The van der Waals surface area contributed by atoms with E-state index in [1.165, 1.54) is 18.2 Å². The Bertz CT molecular complexity index is 437. The smallest absolute Gasteiger partial charge is 0.163 e. The van der Waals surface area contributed by atoms with Crippen molar-refractivity contribution in [2.24, 2.45) is 0 Å². The average Bonchev–Trinajstić information content (AvgIpc) is 2.23. The molecule has 0 saturated carbocycles. The highest BCUT2D eigenvalue weighted by molar-refractivity contribution is 6.35. The molecule has 0 fully saturated rings. The fourth-order valence-corrected chi connectivity index (χ4v) is 1.94. The van der Waals surface area contributed by atoms with Gasteiger partial charge in [-0.15, -0.1) is 0 Å². The Labute approximate surface area is 92.6 Å². The maximum Gasteiger partial charge on any atom is 0.163 e. The SMILES string of the molecule is O=C1CCCC=C1c1cc(F)ccc1Cl. The van der Waals surface area contributed by atoms with Gasteiger partial charge in [0.15, 0.2) is 5.78 Å². The second kappa shape index (κ2) is 4.15. The molecule has 0 N–H and O–H groups in total. The van der Waals surface area contributed by atoms with Crippen LogP contribution in [0.1, 0.15) is 24.8 Å². The number of carbonyl (C=O) groups is 1. The van der Waals surface area contributed by atoms with Gasteiger partial charge in [0.2, 0.25) is 0 Å². The number of ketones is 1. The Hall–Kier alpha value is -1.15. The van der Waals surface area contributed by atoms with E-state index >= 15 is 0 Å². The summed E-state index contributed by atoms with van der Waals surface area (Å²) in [5.41, 5.74) is 1.08. The van der Waals surface area contributed by atoms with Crippen LogP contribution in [0.15, 0.2) is 24.3 Å². The van der Waals surface area contributed by atoms with Gasteiger partial charge in [-0.2, -0.15) is 0 Å². The molecule has 0 unspecified atom stereocenters. The van der Waals surface area contributed by atoms with E-state index in [0.717, 1.165) is 12.8 Å². The minimum atomic E-state index is -0.367. The molecule has 2 rings (SSSR count). The number of carbonyl (C=O) groups excluding carboxylic acids is 1. The summed E-state index contributed by atoms with van der Waals surface area (Å²) in [7, 11) is 0. The van der Waals surface area contributed by atoms with Crippen molar-refractivity contribution < 1.29 is 9.18 Å². The van der Waals surface area contributed by atoms with Crippen LogP contribution in [-0.4, -0.2) is 5.78 Å². The first-order chi connectivity index (χ1) is 7.18. The zero-order chi connectivity index (χ0) is 10.8. The fourth-order valence-electron chi connectivity index (χ4n) is 1.72. The maximum atomic E-state index is 13.0. The molecule has 1 aromatic carbocycles. The molecule has 78 valence electrons. The van der Waals surface area contributed by atoms with Gasteiger partial charge in [0.05, 0.1) is 0 Å². The Balaban J connectivity index is 2.48. The lowest BCUT2D eigenvalue weighted by Crippen LogP contribution is -2.06. The molecule has 0 atom stereocenters. The van der Waals surface area contributed by atoms with Crippen molar-refractivity contribution in [3.8, 4) is 0 Å². The van der Waals surface area contributed by atoms with E-state index in [-0.39, 0.29) is 11.6 Å². The molecule has 1 aliphatic carbocycles. The van der Waals surface area contributed by atoms with Crippen LogP contribution < -0.4 is 0 Å². The number of benzene rings is 1. The van der Waals surface area contributed by atoms with Crippen molar-refractivity contribution in [1.82, 2.24) is 0 Å². The largest absolute Gasteiger partial charge is 0.294 e. The molecular weight excluding hydrogens is 215 g/mol. The zero-order valence-corrected chi connectivity index (χ0v) is 8.85. The van der Waals surface area contributed by atoms with Gasteiger partial charge in [0, 0.05) is 22.6 Å². The van der Waals surface area contributed by atoms with Crippen LogP contribution in [0.25, 0.3) is 5.57 Å². The standard InChI is InChI=1S/C12H10ClFO/c13-11-6-5-8(14)7-10(11)9-3-1-2-4-12(9)15/h3,5-7H,1-2,4H2. The third kappa shape index (κ3) is 2.10. The quantitative estimate of drug-likeness (QED) is 0.712. The normalized spacial score (nSPS) is 16.4. The van der Waals surface area contributed by atoms with E-state index in [1.807, 2.05) is 6.08 Å². The van der Waals surface area contributed by atoms with Gasteiger partial charge < -0.3 is 0 Å². The van der Waals surface area contributed by atoms with E-state index in [9.17, 15) is 9.18 Å². The van der Waals surface area contributed by atoms with Crippen molar-refractivity contribution >= 4 is 23.0 Å². The Morgan fingerprint density at radius 3 is 2.87 bits per heavy atom. The van der Waals surface area contributed by atoms with Crippen molar-refractivity contribution in [2.45, 2.75) is 19.3 Å². The van der Waals surface area contributed by atoms with Crippen LogP contribution in [-0.2, 0) is 4.79 Å². The number of Topliss-reactive ketones (excluding diaryl/α,β-unsaturated/α-hetero) is 1. The van der Waals surface area contributed by atoms with Crippen LogP contribution in [0, 0.1) is 5.82 Å². The lowest BCUT2D eigenvalue weighted by atomic mass is 9.92. The molecule has 0 saturated heterocycles. The molecule has 0 heterocycles. The number of allylic oxidation sites excluding steroid dienone is 2. The Morgan fingerprint density at radius 1 is 1.33 bits per heavy atom. The summed E-state index contributed by atoms with van der Waals surface area (Å²) in [6.07, 6.45) is 4.09. The molecule has 0 amide bonds. The van der Waals surface area contributed by atoms with Gasteiger partial charge in [0.25, 0.3) is 0 Å². The summed E-state index contributed by atoms with van der Waals surface area (Å²) in [6.45, 7) is 0. The number of hydrogen-bond donors (Lipinski definition) is 0. The van der Waals surface area contributed by atoms with Crippen molar-refractivity contribution in [3.05, 3.63) is 40.7 Å². The van der Waals surface area contributed by atoms with E-state index in [0.29, 0.717) is 22.6 Å². The first-order valence-corrected chi connectivity index (χ1v) is 5.25. The first-order valence-electron chi connectivity index (χ1n) is 4.87. The summed E-state index contributed by atoms with van der Waals surface area (Å²) in [6, 6.07) is 4.09. The van der Waals surface area contributed by atoms with Gasteiger partial charge in [0.1, 0.15) is 5.82 Å². The second-order valence-corrected chi connectivity index (χ2v) is 3.96. The van der Waals surface area contributed by atoms with Crippen molar-refractivity contribution in [3.63, 3.8) is 0 Å². The van der Waals surface area contributed by atoms with Gasteiger partial charge in [-0.05, 0) is 31.0 Å². The highest BCUT2D eigenvalue weighted by Crippen LogP contribution is 2.29. The van der Waals surface area contributed by atoms with Gasteiger partial charge in [-0.3, -0.25) is 4.79 Å². The summed E-state index contributed by atoms with van der Waals surface area (Å²) in [5, 5.41) is 0.429. The molecule has 1 nitrogen and oxygen atoms in total. The topological polar surface area (TPSA) is 17.1 Å². The molecule has 0 radical (unpaired) electrons. The zero-order valence-electron chi connectivity index (χ0n) is 8.09. The van der Waals surface area contributed by atoms with Crippen LogP contribution in [0.4, 0.5) is 4.39 Å². The predicted molar refractivity (Wildman–Crippen MR) is 58.2 cm³/mol. The predicted octanol–water partition coefficient (Wildman–Crippen LogP) is 3.62. The first kappa shape index (κ1) is 10.4. The van der Waals surface area contributed by atoms with Crippen LogP contribution in [0.2, 0.25) is 5.02 Å². The Morgan fingerprint density at radius 2 is 2.13 bits per heavy atom. The molecule has 1 aliphatic rings. The van der Waals surface area contributed by atoms with E-state index in [2.05, 4.69) is 0 Å². The van der Waals surface area contributed by atoms with Crippen LogP contribution in [0.5, 0.6) is 0 Å². The van der Waals surface area contributed by atoms with E-state index < -0.39 is 0 Å². The summed E-state index contributed by atoms with van der Waals surface area (Å²) >= 11 is 5.94. The highest BCUT2D eigenvalue weighted by Gasteiger charge is 2.17. The third-order valence-electron chi connectivity index (χ3n) is 2.48.